The lowest BCUT2D eigenvalue weighted by molar-refractivity contribution is 0.787. The summed E-state index contributed by atoms with van der Waals surface area (Å²) in [7, 11) is 0. The Morgan fingerprint density at radius 2 is 2.22 bits per heavy atom. The van der Waals surface area contributed by atoms with Crippen molar-refractivity contribution in [3.8, 4) is 0 Å². The molecule has 0 atom stereocenters. The van der Waals surface area contributed by atoms with E-state index in [-0.39, 0.29) is 0 Å². The van der Waals surface area contributed by atoms with Gasteiger partial charge in [-0.3, -0.25) is 4.98 Å². The highest BCUT2D eigenvalue weighted by Gasteiger charge is 2.11. The van der Waals surface area contributed by atoms with Crippen molar-refractivity contribution < 1.29 is 0 Å². The van der Waals surface area contributed by atoms with Gasteiger partial charge in [0.2, 0.25) is 0 Å². The lowest BCUT2D eigenvalue weighted by Gasteiger charge is -2.05. The first-order valence-corrected chi connectivity index (χ1v) is 7.15. The number of hydrogen-bond donors (Lipinski definition) is 0. The first kappa shape index (κ1) is 12.0. The van der Waals surface area contributed by atoms with Gasteiger partial charge in [0.25, 0.3) is 0 Å². The van der Waals surface area contributed by atoms with Gasteiger partial charge in [-0.2, -0.15) is 0 Å². The predicted molar refractivity (Wildman–Crippen MR) is 75.5 cm³/mol. The molecule has 0 saturated heterocycles. The van der Waals surface area contributed by atoms with Gasteiger partial charge in [-0.05, 0) is 18.2 Å². The van der Waals surface area contributed by atoms with Gasteiger partial charge in [-0.15, -0.1) is 22.9 Å². The molecule has 6 heteroatoms. The molecule has 0 fully saturated rings. The molecule has 0 saturated carbocycles. The average Bonchev–Trinajstić information content (AvgIpc) is 2.97. The smallest absolute Gasteiger partial charge is 0.125 e. The number of fused-ring (bicyclic) bond motifs is 1. The van der Waals surface area contributed by atoms with E-state index in [1.165, 1.54) is 4.88 Å². The Balaban J connectivity index is 2.13. The van der Waals surface area contributed by atoms with Gasteiger partial charge in [0.1, 0.15) is 5.82 Å². The molecular weight excluding hydrogens is 289 g/mol. The summed E-state index contributed by atoms with van der Waals surface area (Å²) in [6.45, 7) is 0.741. The van der Waals surface area contributed by atoms with E-state index in [4.69, 9.17) is 23.2 Å². The second-order valence-electron chi connectivity index (χ2n) is 3.85. The Labute approximate surface area is 118 Å². The van der Waals surface area contributed by atoms with Crippen LogP contribution < -0.4 is 0 Å². The van der Waals surface area contributed by atoms with Crippen LogP contribution >= 0.6 is 34.5 Å². The molecule has 2 heterocycles. The zero-order valence-corrected chi connectivity index (χ0v) is 11.6. The van der Waals surface area contributed by atoms with Crippen molar-refractivity contribution in [3.05, 3.63) is 45.6 Å². The molecule has 0 radical (unpaired) electrons. The lowest BCUT2D eigenvalue weighted by Crippen LogP contribution is -2.02. The van der Waals surface area contributed by atoms with Gasteiger partial charge >= 0.3 is 0 Å². The third-order valence-electron chi connectivity index (χ3n) is 2.71. The Bertz CT molecular complexity index is 676. The van der Waals surface area contributed by atoms with Crippen molar-refractivity contribution in [2.24, 2.45) is 0 Å². The van der Waals surface area contributed by atoms with Crippen molar-refractivity contribution in [2.45, 2.75) is 12.4 Å². The fourth-order valence-electron chi connectivity index (χ4n) is 1.91. The van der Waals surface area contributed by atoms with E-state index in [0.717, 1.165) is 23.4 Å². The number of aromatic nitrogens is 3. The molecule has 1 aromatic carbocycles. The van der Waals surface area contributed by atoms with Gasteiger partial charge in [0.15, 0.2) is 0 Å². The third kappa shape index (κ3) is 2.11. The Morgan fingerprint density at radius 3 is 2.94 bits per heavy atom. The molecule has 3 rings (SSSR count). The summed E-state index contributed by atoms with van der Waals surface area (Å²) in [6.07, 6.45) is 1.87. The number of thiazole rings is 1. The molecule has 0 bridgehead atoms. The van der Waals surface area contributed by atoms with E-state index in [1.807, 2.05) is 29.9 Å². The predicted octanol–water partition coefficient (Wildman–Crippen LogP) is 3.93. The zero-order chi connectivity index (χ0) is 12.5. The standard InChI is InChI=1S/C12H9Cl2N3S/c13-4-12-16-10-3-8(14)1-2-11(10)17(12)6-9-5-15-7-18-9/h1-3,5,7H,4,6H2. The summed E-state index contributed by atoms with van der Waals surface area (Å²) in [6, 6.07) is 5.70. The minimum atomic E-state index is 0.380. The summed E-state index contributed by atoms with van der Waals surface area (Å²) in [5.74, 6) is 1.23. The maximum Gasteiger partial charge on any atom is 0.125 e. The van der Waals surface area contributed by atoms with Crippen LogP contribution in [-0.4, -0.2) is 14.5 Å². The quantitative estimate of drug-likeness (QED) is 0.686. The van der Waals surface area contributed by atoms with E-state index in [9.17, 15) is 0 Å². The number of hydrogen-bond acceptors (Lipinski definition) is 3. The van der Waals surface area contributed by atoms with Crippen LogP contribution in [0, 0.1) is 0 Å². The van der Waals surface area contributed by atoms with Gasteiger partial charge < -0.3 is 4.57 Å². The minimum Gasteiger partial charge on any atom is -0.322 e. The van der Waals surface area contributed by atoms with Crippen LogP contribution in [0.25, 0.3) is 11.0 Å². The minimum absolute atomic E-state index is 0.380. The van der Waals surface area contributed by atoms with Crippen molar-refractivity contribution >= 4 is 45.6 Å². The van der Waals surface area contributed by atoms with Crippen LogP contribution in [0.2, 0.25) is 5.02 Å². The molecule has 3 aromatic rings. The largest absolute Gasteiger partial charge is 0.322 e. The Morgan fingerprint density at radius 1 is 1.33 bits per heavy atom. The second-order valence-corrected chi connectivity index (χ2v) is 5.52. The highest BCUT2D eigenvalue weighted by molar-refractivity contribution is 7.09. The zero-order valence-electron chi connectivity index (χ0n) is 9.31. The highest BCUT2D eigenvalue weighted by atomic mass is 35.5. The molecule has 2 aromatic heterocycles. The first-order valence-electron chi connectivity index (χ1n) is 5.36. The molecule has 0 N–H and O–H groups in total. The summed E-state index contributed by atoms with van der Waals surface area (Å²) in [5.41, 5.74) is 3.75. The summed E-state index contributed by atoms with van der Waals surface area (Å²) >= 11 is 13.6. The average molecular weight is 298 g/mol. The molecule has 0 amide bonds. The SMILES string of the molecule is ClCc1nc2cc(Cl)ccc2n1Cc1cncs1. The van der Waals surface area contributed by atoms with Crippen molar-refractivity contribution in [3.63, 3.8) is 0 Å². The van der Waals surface area contributed by atoms with Crippen molar-refractivity contribution in [2.75, 3.05) is 0 Å². The van der Waals surface area contributed by atoms with Crippen LogP contribution in [0.5, 0.6) is 0 Å². The Hall–Kier alpha value is -1.10. The number of benzene rings is 1. The van der Waals surface area contributed by atoms with Gasteiger partial charge in [-0.1, -0.05) is 11.6 Å². The van der Waals surface area contributed by atoms with E-state index in [1.54, 1.807) is 11.3 Å². The van der Waals surface area contributed by atoms with E-state index in [0.29, 0.717) is 10.9 Å². The molecule has 18 heavy (non-hydrogen) atoms. The van der Waals surface area contributed by atoms with Gasteiger partial charge in [-0.25, -0.2) is 4.98 Å². The van der Waals surface area contributed by atoms with E-state index in [2.05, 4.69) is 14.5 Å². The van der Waals surface area contributed by atoms with Crippen LogP contribution in [0.3, 0.4) is 0 Å². The van der Waals surface area contributed by atoms with Crippen LogP contribution in [0.15, 0.2) is 29.9 Å². The topological polar surface area (TPSA) is 30.7 Å². The molecule has 0 spiro atoms. The van der Waals surface area contributed by atoms with Crippen LogP contribution in [0.4, 0.5) is 0 Å². The Kier molecular flexibility index (Phi) is 3.24. The van der Waals surface area contributed by atoms with E-state index >= 15 is 0 Å². The van der Waals surface area contributed by atoms with Gasteiger partial charge in [0.05, 0.1) is 29.0 Å². The highest BCUT2D eigenvalue weighted by Crippen LogP contribution is 2.23. The van der Waals surface area contributed by atoms with Crippen molar-refractivity contribution in [1.82, 2.24) is 14.5 Å². The maximum atomic E-state index is 5.98. The van der Waals surface area contributed by atoms with Crippen LogP contribution in [-0.2, 0) is 12.4 Å². The fraction of sp³-hybridized carbons (Fsp3) is 0.167. The summed E-state index contributed by atoms with van der Waals surface area (Å²) in [4.78, 5) is 9.76. The monoisotopic (exact) mass is 297 g/mol. The molecule has 0 unspecified atom stereocenters. The number of alkyl halides is 1. The number of nitrogens with zero attached hydrogens (tertiary/aromatic N) is 3. The molecule has 92 valence electrons. The molecule has 0 aliphatic heterocycles. The number of imidazole rings is 1. The van der Waals surface area contributed by atoms with E-state index < -0.39 is 0 Å². The van der Waals surface area contributed by atoms with Gasteiger partial charge in [0, 0.05) is 16.1 Å². The van der Waals surface area contributed by atoms with Crippen molar-refractivity contribution in [1.29, 1.82) is 0 Å². The second kappa shape index (κ2) is 4.88. The molecule has 0 aliphatic carbocycles. The molecular formula is C12H9Cl2N3S. The summed E-state index contributed by atoms with van der Waals surface area (Å²) < 4.78 is 2.10. The molecule has 3 nitrogen and oxygen atoms in total. The lowest BCUT2D eigenvalue weighted by atomic mass is 10.3. The molecule has 0 aliphatic rings. The van der Waals surface area contributed by atoms with Crippen LogP contribution in [0.1, 0.15) is 10.7 Å². The normalized spacial score (nSPS) is 11.2. The fourth-order valence-corrected chi connectivity index (χ4v) is 2.86. The maximum absolute atomic E-state index is 5.98. The summed E-state index contributed by atoms with van der Waals surface area (Å²) in [5, 5.41) is 0.686. The number of halogens is 2. The third-order valence-corrected chi connectivity index (χ3v) is 3.94. The first-order chi connectivity index (χ1) is 8.78. The number of rotatable bonds is 3.